The number of ether oxygens (including phenoxy) is 1. The van der Waals surface area contributed by atoms with Crippen molar-refractivity contribution in [2.75, 3.05) is 26.2 Å². The van der Waals surface area contributed by atoms with Gasteiger partial charge in [-0.3, -0.25) is 0 Å². The molecule has 14 heavy (non-hydrogen) atoms. The number of hydrogen-bond acceptors (Lipinski definition) is 3. The monoisotopic (exact) mass is 200 g/mol. The summed E-state index contributed by atoms with van der Waals surface area (Å²) in [6, 6.07) is 0. The van der Waals surface area contributed by atoms with E-state index >= 15 is 0 Å². The highest BCUT2D eigenvalue weighted by Crippen LogP contribution is 2.15. The average molecular weight is 200 g/mol. The van der Waals surface area contributed by atoms with Crippen LogP contribution >= 0.6 is 0 Å². The summed E-state index contributed by atoms with van der Waals surface area (Å²) in [5, 5.41) is 0. The molecule has 0 aliphatic carbocycles. The van der Waals surface area contributed by atoms with Crippen LogP contribution in [-0.4, -0.2) is 37.2 Å². The molecule has 0 aromatic rings. The molecule has 1 heterocycles. The Morgan fingerprint density at radius 3 is 3.00 bits per heavy atom. The molecule has 0 aromatic heterocycles. The quantitative estimate of drug-likeness (QED) is 0.694. The van der Waals surface area contributed by atoms with Gasteiger partial charge in [0.15, 0.2) is 0 Å². The summed E-state index contributed by atoms with van der Waals surface area (Å²) < 4.78 is 5.11. The third-order valence-electron chi connectivity index (χ3n) is 2.60. The van der Waals surface area contributed by atoms with Crippen LogP contribution in [0.2, 0.25) is 0 Å². The normalized spacial score (nSPS) is 21.3. The second kappa shape index (κ2) is 5.86. The first-order valence-electron chi connectivity index (χ1n) is 5.39. The molecule has 1 rings (SSSR count). The van der Waals surface area contributed by atoms with Crippen LogP contribution in [-0.2, 0) is 4.74 Å². The van der Waals surface area contributed by atoms with E-state index in [4.69, 9.17) is 10.5 Å². The molecule has 0 bridgehead atoms. The average Bonchev–Trinajstić information content (AvgIpc) is 2.66. The largest absolute Gasteiger partial charge is 0.449 e. The van der Waals surface area contributed by atoms with Crippen molar-refractivity contribution in [2.24, 2.45) is 11.7 Å². The van der Waals surface area contributed by atoms with E-state index in [0.29, 0.717) is 19.1 Å². The maximum Gasteiger partial charge on any atom is 0.409 e. The fourth-order valence-electron chi connectivity index (χ4n) is 1.59. The minimum Gasteiger partial charge on any atom is -0.449 e. The van der Waals surface area contributed by atoms with Gasteiger partial charge in [0.1, 0.15) is 0 Å². The molecule has 0 spiro atoms. The molecule has 1 atom stereocenters. The van der Waals surface area contributed by atoms with Crippen molar-refractivity contribution < 1.29 is 9.53 Å². The summed E-state index contributed by atoms with van der Waals surface area (Å²) in [5.41, 5.74) is 5.54. The Balaban J connectivity index is 2.18. The Hall–Kier alpha value is -0.770. The smallest absolute Gasteiger partial charge is 0.409 e. The number of nitrogens with zero attached hydrogens (tertiary/aromatic N) is 1. The van der Waals surface area contributed by atoms with Crippen molar-refractivity contribution in [3.63, 3.8) is 0 Å². The molecule has 2 N–H and O–H groups in total. The maximum atomic E-state index is 11.4. The summed E-state index contributed by atoms with van der Waals surface area (Å²) in [5.74, 6) is 0.466. The highest BCUT2D eigenvalue weighted by molar-refractivity contribution is 5.67. The predicted octanol–water partition coefficient (Wildman–Crippen LogP) is 1.20. The molecule has 1 aliphatic rings. The van der Waals surface area contributed by atoms with Gasteiger partial charge in [-0.25, -0.2) is 4.79 Å². The summed E-state index contributed by atoms with van der Waals surface area (Å²) >= 11 is 0. The topological polar surface area (TPSA) is 55.6 Å². The van der Waals surface area contributed by atoms with Gasteiger partial charge < -0.3 is 15.4 Å². The Morgan fingerprint density at radius 2 is 2.43 bits per heavy atom. The third kappa shape index (κ3) is 3.18. The predicted molar refractivity (Wildman–Crippen MR) is 55.0 cm³/mol. The fraction of sp³-hybridized carbons (Fsp3) is 0.900. The molecule has 1 amide bonds. The lowest BCUT2D eigenvalue weighted by Crippen LogP contribution is -2.30. The lowest BCUT2D eigenvalue weighted by atomic mass is 10.1. The van der Waals surface area contributed by atoms with Crippen LogP contribution in [0.15, 0.2) is 0 Å². The van der Waals surface area contributed by atoms with Crippen molar-refractivity contribution in [1.29, 1.82) is 0 Å². The van der Waals surface area contributed by atoms with Gasteiger partial charge >= 0.3 is 6.09 Å². The van der Waals surface area contributed by atoms with Gasteiger partial charge in [0.05, 0.1) is 6.61 Å². The van der Waals surface area contributed by atoms with Crippen LogP contribution in [0.1, 0.15) is 26.2 Å². The number of carbonyl (C=O) groups excluding carboxylic acids is 1. The minimum atomic E-state index is -0.172. The third-order valence-corrected chi connectivity index (χ3v) is 2.60. The molecule has 4 nitrogen and oxygen atoms in total. The number of amides is 1. The van der Waals surface area contributed by atoms with Crippen LogP contribution in [0, 0.1) is 5.92 Å². The van der Waals surface area contributed by atoms with E-state index in [2.05, 4.69) is 6.92 Å². The van der Waals surface area contributed by atoms with Crippen molar-refractivity contribution in [3.8, 4) is 0 Å². The van der Waals surface area contributed by atoms with Crippen molar-refractivity contribution in [3.05, 3.63) is 0 Å². The molecular formula is C10H20N2O2. The van der Waals surface area contributed by atoms with E-state index in [1.807, 2.05) is 0 Å². The molecule has 1 fully saturated rings. The number of hydrogen-bond donors (Lipinski definition) is 1. The molecule has 0 saturated carbocycles. The molecule has 82 valence electrons. The first-order chi connectivity index (χ1) is 6.77. The van der Waals surface area contributed by atoms with E-state index in [0.717, 1.165) is 32.4 Å². The minimum absolute atomic E-state index is 0.172. The maximum absolute atomic E-state index is 11.4. The van der Waals surface area contributed by atoms with Crippen LogP contribution in [0.3, 0.4) is 0 Å². The van der Waals surface area contributed by atoms with Gasteiger partial charge in [-0.15, -0.1) is 0 Å². The summed E-state index contributed by atoms with van der Waals surface area (Å²) in [7, 11) is 0. The molecule has 4 heteroatoms. The zero-order valence-corrected chi connectivity index (χ0v) is 8.87. The zero-order chi connectivity index (χ0) is 10.4. The number of rotatable bonds is 4. The second-order valence-corrected chi connectivity index (χ2v) is 3.80. The summed E-state index contributed by atoms with van der Waals surface area (Å²) in [6.45, 7) is 4.85. The Bertz CT molecular complexity index is 185. The Morgan fingerprint density at radius 1 is 1.64 bits per heavy atom. The van der Waals surface area contributed by atoms with E-state index in [9.17, 15) is 4.79 Å². The standard InChI is InChI=1S/C10H20N2O2/c1-2-3-6-14-10(13)12-5-4-9(7-11)8-12/h9H,2-8,11H2,1H3/t9-/m0/s1. The highest BCUT2D eigenvalue weighted by Gasteiger charge is 2.25. The van der Waals surface area contributed by atoms with Gasteiger partial charge in [0.2, 0.25) is 0 Å². The van der Waals surface area contributed by atoms with Crippen molar-refractivity contribution in [1.82, 2.24) is 4.90 Å². The number of unbranched alkanes of at least 4 members (excludes halogenated alkanes) is 1. The van der Waals surface area contributed by atoms with Crippen LogP contribution < -0.4 is 5.73 Å². The fourth-order valence-corrected chi connectivity index (χ4v) is 1.59. The van der Waals surface area contributed by atoms with Crippen molar-refractivity contribution in [2.45, 2.75) is 26.2 Å². The number of likely N-dealkylation sites (tertiary alicyclic amines) is 1. The molecule has 1 saturated heterocycles. The highest BCUT2D eigenvalue weighted by atomic mass is 16.6. The number of nitrogens with two attached hydrogens (primary N) is 1. The molecular weight excluding hydrogens is 180 g/mol. The van der Waals surface area contributed by atoms with Crippen LogP contribution in [0.4, 0.5) is 4.79 Å². The Kier molecular flexibility index (Phi) is 4.73. The van der Waals surface area contributed by atoms with E-state index in [1.54, 1.807) is 4.90 Å². The molecule has 1 aliphatic heterocycles. The summed E-state index contributed by atoms with van der Waals surface area (Å²) in [4.78, 5) is 13.2. The first-order valence-corrected chi connectivity index (χ1v) is 5.39. The van der Waals surface area contributed by atoms with E-state index in [1.165, 1.54) is 0 Å². The zero-order valence-electron chi connectivity index (χ0n) is 8.87. The van der Waals surface area contributed by atoms with Crippen LogP contribution in [0.25, 0.3) is 0 Å². The second-order valence-electron chi connectivity index (χ2n) is 3.80. The molecule has 0 radical (unpaired) electrons. The lowest BCUT2D eigenvalue weighted by Gasteiger charge is -2.15. The van der Waals surface area contributed by atoms with E-state index in [-0.39, 0.29) is 6.09 Å². The number of carbonyl (C=O) groups is 1. The van der Waals surface area contributed by atoms with Gasteiger partial charge in [-0.05, 0) is 25.3 Å². The van der Waals surface area contributed by atoms with E-state index < -0.39 is 0 Å². The van der Waals surface area contributed by atoms with Gasteiger partial charge in [-0.2, -0.15) is 0 Å². The first kappa shape index (κ1) is 11.3. The van der Waals surface area contributed by atoms with Crippen LogP contribution in [0.5, 0.6) is 0 Å². The van der Waals surface area contributed by atoms with Gasteiger partial charge in [0.25, 0.3) is 0 Å². The van der Waals surface area contributed by atoms with Gasteiger partial charge in [-0.1, -0.05) is 13.3 Å². The lowest BCUT2D eigenvalue weighted by molar-refractivity contribution is 0.108. The Labute approximate surface area is 85.4 Å². The van der Waals surface area contributed by atoms with Crippen molar-refractivity contribution >= 4 is 6.09 Å². The van der Waals surface area contributed by atoms with Gasteiger partial charge in [0, 0.05) is 13.1 Å². The SMILES string of the molecule is CCCCOC(=O)N1CC[C@@H](CN)C1. The summed E-state index contributed by atoms with van der Waals surface area (Å²) in [6.07, 6.45) is 2.84. The molecule has 0 aromatic carbocycles. The molecule has 0 unspecified atom stereocenters.